The molecular weight excluding hydrogens is 314 g/mol. The molecule has 2 unspecified atom stereocenters. The molecule has 0 amide bonds. The van der Waals surface area contributed by atoms with Gasteiger partial charge >= 0.3 is 0 Å². The second kappa shape index (κ2) is 10.9. The molecule has 1 heteroatoms. The molecule has 26 heavy (non-hydrogen) atoms. The Morgan fingerprint density at radius 1 is 0.846 bits per heavy atom. The maximum absolute atomic E-state index is 2.76. The maximum Gasteiger partial charge on any atom is 0.0288 e. The van der Waals surface area contributed by atoms with Gasteiger partial charge in [-0.05, 0) is 37.7 Å². The molecule has 0 N–H and O–H groups in total. The van der Waals surface area contributed by atoms with Crippen LogP contribution in [-0.4, -0.2) is 17.0 Å². The Kier molecular flexibility index (Phi) is 8.26. The van der Waals surface area contributed by atoms with E-state index in [1.807, 2.05) is 0 Å². The first-order chi connectivity index (χ1) is 12.9. The summed E-state index contributed by atoms with van der Waals surface area (Å²) in [4.78, 5) is 2.76. The molecule has 1 aromatic carbocycles. The molecule has 1 nitrogen and oxygen atoms in total. The topological polar surface area (TPSA) is 3.24 Å². The zero-order chi connectivity index (χ0) is 18.0. The van der Waals surface area contributed by atoms with Crippen LogP contribution in [0.4, 0.5) is 0 Å². The van der Waals surface area contributed by atoms with Crippen molar-refractivity contribution >= 4 is 0 Å². The van der Waals surface area contributed by atoms with E-state index in [1.54, 1.807) is 5.57 Å². The molecule has 1 fully saturated rings. The molecule has 144 valence electrons. The van der Waals surface area contributed by atoms with Crippen LogP contribution >= 0.6 is 0 Å². The van der Waals surface area contributed by atoms with E-state index >= 15 is 0 Å². The summed E-state index contributed by atoms with van der Waals surface area (Å²) in [5, 5.41) is 0. The van der Waals surface area contributed by atoms with Gasteiger partial charge in [-0.1, -0.05) is 100 Å². The monoisotopic (exact) mass is 353 g/mol. The smallest absolute Gasteiger partial charge is 0.0288 e. The molecule has 2 heterocycles. The van der Waals surface area contributed by atoms with Crippen LogP contribution < -0.4 is 0 Å². The minimum absolute atomic E-state index is 0.711. The minimum atomic E-state index is 0.711. The predicted molar refractivity (Wildman–Crippen MR) is 113 cm³/mol. The van der Waals surface area contributed by atoms with Crippen molar-refractivity contribution in [1.82, 2.24) is 4.90 Å². The van der Waals surface area contributed by atoms with Crippen LogP contribution in [0.15, 0.2) is 42.0 Å². The Bertz CT molecular complexity index is 532. The molecule has 0 spiro atoms. The number of fused-ring (bicyclic) bond motifs is 2. The number of rotatable bonds is 12. The molecule has 1 aromatic rings. The standard InChI is InChI=1S/C25H39N/c1-2-3-4-5-6-7-8-9-11-16-23-19-24-17-18-25(20-23)26(24)21-22-14-12-10-13-15-22/h10,12-15,19,24-25H,2-9,11,16-18,20-21H2,1H3. The van der Waals surface area contributed by atoms with Crippen molar-refractivity contribution in [2.75, 3.05) is 0 Å². The first-order valence-electron chi connectivity index (χ1n) is 11.4. The van der Waals surface area contributed by atoms with Crippen molar-refractivity contribution in [3.8, 4) is 0 Å². The van der Waals surface area contributed by atoms with Crippen molar-refractivity contribution in [1.29, 1.82) is 0 Å². The predicted octanol–water partition coefficient (Wildman–Crippen LogP) is 7.27. The third kappa shape index (κ3) is 5.98. The molecule has 3 rings (SSSR count). The maximum atomic E-state index is 2.76. The lowest BCUT2D eigenvalue weighted by Crippen LogP contribution is -2.37. The van der Waals surface area contributed by atoms with E-state index in [9.17, 15) is 0 Å². The molecular formula is C25H39N. The van der Waals surface area contributed by atoms with Crippen molar-refractivity contribution in [3.63, 3.8) is 0 Å². The van der Waals surface area contributed by atoms with Crippen LogP contribution in [-0.2, 0) is 6.54 Å². The summed E-state index contributed by atoms with van der Waals surface area (Å²) in [6.45, 7) is 3.44. The molecule has 0 radical (unpaired) electrons. The molecule has 2 atom stereocenters. The Labute approximate surface area is 161 Å². The number of hydrogen-bond acceptors (Lipinski definition) is 1. The number of nitrogens with zero attached hydrogens (tertiary/aromatic N) is 1. The highest BCUT2D eigenvalue weighted by molar-refractivity contribution is 5.21. The summed E-state index contributed by atoms with van der Waals surface area (Å²) >= 11 is 0. The number of unbranched alkanes of at least 4 members (excludes halogenated alkanes) is 8. The average molecular weight is 354 g/mol. The van der Waals surface area contributed by atoms with Gasteiger partial charge in [0.2, 0.25) is 0 Å². The Morgan fingerprint density at radius 2 is 1.54 bits per heavy atom. The van der Waals surface area contributed by atoms with Crippen LogP contribution in [0.2, 0.25) is 0 Å². The zero-order valence-corrected chi connectivity index (χ0v) is 17.0. The largest absolute Gasteiger partial charge is 0.289 e. The summed E-state index contributed by atoms with van der Waals surface area (Å²) in [6, 6.07) is 12.5. The Morgan fingerprint density at radius 3 is 2.23 bits per heavy atom. The number of benzene rings is 1. The lowest BCUT2D eigenvalue weighted by Gasteiger charge is -2.34. The second-order valence-corrected chi connectivity index (χ2v) is 8.56. The van der Waals surface area contributed by atoms with Crippen molar-refractivity contribution < 1.29 is 0 Å². The quantitative estimate of drug-likeness (QED) is 0.282. The summed E-state index contributed by atoms with van der Waals surface area (Å²) in [7, 11) is 0. The van der Waals surface area contributed by atoms with Crippen LogP contribution in [0.3, 0.4) is 0 Å². The lowest BCUT2D eigenvalue weighted by molar-refractivity contribution is 0.194. The van der Waals surface area contributed by atoms with Gasteiger partial charge in [0.1, 0.15) is 0 Å². The van der Waals surface area contributed by atoms with Gasteiger partial charge in [0.25, 0.3) is 0 Å². The fourth-order valence-corrected chi connectivity index (χ4v) is 4.90. The fourth-order valence-electron chi connectivity index (χ4n) is 4.90. The molecule has 0 aromatic heterocycles. The summed E-state index contributed by atoms with van der Waals surface area (Å²) in [5.74, 6) is 0. The van der Waals surface area contributed by atoms with Gasteiger partial charge in [-0.2, -0.15) is 0 Å². The van der Waals surface area contributed by atoms with E-state index in [0.717, 1.165) is 12.6 Å². The van der Waals surface area contributed by atoms with E-state index in [2.05, 4.69) is 48.2 Å². The third-order valence-corrected chi connectivity index (χ3v) is 6.43. The molecule has 2 aliphatic rings. The third-order valence-electron chi connectivity index (χ3n) is 6.43. The van der Waals surface area contributed by atoms with Gasteiger partial charge in [0.15, 0.2) is 0 Å². The van der Waals surface area contributed by atoms with Crippen molar-refractivity contribution in [3.05, 3.63) is 47.5 Å². The highest BCUT2D eigenvalue weighted by Gasteiger charge is 2.35. The highest BCUT2D eigenvalue weighted by Crippen LogP contribution is 2.37. The van der Waals surface area contributed by atoms with Crippen LogP contribution in [0.5, 0.6) is 0 Å². The van der Waals surface area contributed by atoms with E-state index in [4.69, 9.17) is 0 Å². The Hall–Kier alpha value is -1.08. The number of hydrogen-bond donors (Lipinski definition) is 0. The van der Waals surface area contributed by atoms with E-state index < -0.39 is 0 Å². The first kappa shape index (κ1) is 19.7. The molecule has 2 bridgehead atoms. The van der Waals surface area contributed by atoms with Gasteiger partial charge in [-0.25, -0.2) is 0 Å². The fraction of sp³-hybridized carbons (Fsp3) is 0.680. The van der Waals surface area contributed by atoms with Gasteiger partial charge in [0, 0.05) is 18.6 Å². The second-order valence-electron chi connectivity index (χ2n) is 8.56. The van der Waals surface area contributed by atoms with Gasteiger partial charge < -0.3 is 0 Å². The highest BCUT2D eigenvalue weighted by atomic mass is 15.2. The van der Waals surface area contributed by atoms with Crippen LogP contribution in [0.25, 0.3) is 0 Å². The van der Waals surface area contributed by atoms with Crippen molar-refractivity contribution in [2.45, 2.75) is 109 Å². The summed E-state index contributed by atoms with van der Waals surface area (Å²) in [6.07, 6.45) is 21.0. The average Bonchev–Trinajstić information content (AvgIpc) is 2.90. The first-order valence-corrected chi connectivity index (χ1v) is 11.4. The minimum Gasteiger partial charge on any atom is -0.289 e. The van der Waals surface area contributed by atoms with E-state index in [1.165, 1.54) is 89.0 Å². The molecule has 0 aliphatic carbocycles. The normalized spacial score (nSPS) is 22.6. The van der Waals surface area contributed by atoms with Crippen molar-refractivity contribution in [2.24, 2.45) is 0 Å². The summed E-state index contributed by atoms with van der Waals surface area (Å²) in [5.41, 5.74) is 3.24. The molecule has 1 saturated heterocycles. The van der Waals surface area contributed by atoms with E-state index in [-0.39, 0.29) is 0 Å². The van der Waals surface area contributed by atoms with Gasteiger partial charge in [-0.15, -0.1) is 0 Å². The molecule has 0 saturated carbocycles. The lowest BCUT2D eigenvalue weighted by atomic mass is 9.95. The SMILES string of the molecule is CCCCCCCCCCCC1=CC2CCC(C1)N2Cc1ccccc1. The van der Waals surface area contributed by atoms with E-state index in [0.29, 0.717) is 6.04 Å². The van der Waals surface area contributed by atoms with Gasteiger partial charge in [0.05, 0.1) is 0 Å². The molecule has 2 aliphatic heterocycles. The summed E-state index contributed by atoms with van der Waals surface area (Å²) < 4.78 is 0. The zero-order valence-electron chi connectivity index (χ0n) is 17.0. The van der Waals surface area contributed by atoms with Gasteiger partial charge in [-0.3, -0.25) is 4.90 Å². The Balaban J connectivity index is 1.33. The van der Waals surface area contributed by atoms with Crippen LogP contribution in [0, 0.1) is 0 Å². The van der Waals surface area contributed by atoms with Crippen LogP contribution in [0.1, 0.15) is 96.0 Å².